The van der Waals surface area contributed by atoms with Crippen molar-refractivity contribution in [2.24, 2.45) is 0 Å². The zero-order valence-electron chi connectivity index (χ0n) is 13.9. The van der Waals surface area contributed by atoms with Gasteiger partial charge in [-0.25, -0.2) is 15.0 Å². The number of fused-ring (bicyclic) bond motifs is 1. The molecule has 0 spiro atoms. The molecule has 0 aromatic carbocycles. The highest BCUT2D eigenvalue weighted by atomic mass is 32.3. The summed E-state index contributed by atoms with van der Waals surface area (Å²) in [6, 6.07) is 0. The minimum Gasteiger partial charge on any atom is -0.475 e. The van der Waals surface area contributed by atoms with Crippen LogP contribution in [0.4, 0.5) is 5.95 Å². The van der Waals surface area contributed by atoms with Gasteiger partial charge in [-0.2, -0.15) is 9.97 Å². The van der Waals surface area contributed by atoms with Gasteiger partial charge in [0.2, 0.25) is 11.8 Å². The van der Waals surface area contributed by atoms with E-state index < -0.39 is 10.0 Å². The fourth-order valence-electron chi connectivity index (χ4n) is 1.92. The summed E-state index contributed by atoms with van der Waals surface area (Å²) in [6.45, 7) is 1.93. The maximum Gasteiger partial charge on any atom is 0.247 e. The van der Waals surface area contributed by atoms with Gasteiger partial charge in [0, 0.05) is 12.3 Å². The average molecular weight is 343 g/mol. The molecule has 0 saturated heterocycles. The number of hydrogen-bond acceptors (Lipinski definition) is 7. The predicted molar refractivity (Wildman–Crippen MR) is 93.4 cm³/mol. The SMILES string of the molecule is CS(C)(C)CCOc1nc(N)nc2c1ncn2CCOCCO. The summed E-state index contributed by atoms with van der Waals surface area (Å²) in [5.74, 6) is 1.56. The standard InChI is InChI=1S/C14H25N5O3S/c1-23(2,3)9-8-22-13-11-12(17-14(15)18-13)19(10-16-11)4-6-21-7-5-20/h10,20H,4-9H2,1-3H3,(H2,15,17,18). The first-order chi connectivity index (χ1) is 10.9. The van der Waals surface area contributed by atoms with E-state index in [0.717, 1.165) is 5.75 Å². The van der Waals surface area contributed by atoms with Gasteiger partial charge >= 0.3 is 0 Å². The van der Waals surface area contributed by atoms with E-state index in [1.807, 2.05) is 4.57 Å². The third-order valence-corrected chi connectivity index (χ3v) is 4.49. The molecule has 2 heterocycles. The van der Waals surface area contributed by atoms with Crippen LogP contribution >= 0.6 is 10.0 Å². The Labute approximate surface area is 137 Å². The molecule has 2 aromatic heterocycles. The maximum absolute atomic E-state index is 8.71. The maximum atomic E-state index is 8.71. The molecule has 0 amide bonds. The minimum absolute atomic E-state index is 0.00749. The van der Waals surface area contributed by atoms with Crippen LogP contribution in [0.3, 0.4) is 0 Å². The lowest BCUT2D eigenvalue weighted by Crippen LogP contribution is -2.11. The van der Waals surface area contributed by atoms with Gasteiger partial charge in [0.1, 0.15) is 0 Å². The molecular weight excluding hydrogens is 318 g/mol. The van der Waals surface area contributed by atoms with Crippen LogP contribution in [0.5, 0.6) is 5.88 Å². The first kappa shape index (κ1) is 17.8. The number of hydrogen-bond donors (Lipinski definition) is 2. The Hall–Kier alpha value is -1.58. The lowest BCUT2D eigenvalue weighted by Gasteiger charge is -2.24. The van der Waals surface area contributed by atoms with Crippen LogP contribution in [0.15, 0.2) is 6.33 Å². The van der Waals surface area contributed by atoms with Gasteiger partial charge < -0.3 is 24.9 Å². The van der Waals surface area contributed by atoms with Gasteiger partial charge in [-0.1, -0.05) is 0 Å². The summed E-state index contributed by atoms with van der Waals surface area (Å²) in [5.41, 5.74) is 7.01. The Bertz CT molecular complexity index is 641. The predicted octanol–water partition coefficient (Wildman–Crippen LogP) is 0.490. The number of imidazole rings is 1. The number of aliphatic hydroxyl groups excluding tert-OH is 1. The van der Waals surface area contributed by atoms with Crippen LogP contribution in [0.1, 0.15) is 0 Å². The molecule has 0 aliphatic carbocycles. The van der Waals surface area contributed by atoms with E-state index >= 15 is 0 Å². The molecule has 8 nitrogen and oxygen atoms in total. The fraction of sp³-hybridized carbons (Fsp3) is 0.643. The molecule has 2 aromatic rings. The molecule has 0 unspecified atom stereocenters. The normalized spacial score (nSPS) is 12.7. The van der Waals surface area contributed by atoms with E-state index in [-0.39, 0.29) is 12.6 Å². The Kier molecular flexibility index (Phi) is 6.03. The Morgan fingerprint density at radius 1 is 1.22 bits per heavy atom. The highest BCUT2D eigenvalue weighted by Crippen LogP contribution is 2.34. The molecule has 0 saturated carbocycles. The Morgan fingerprint density at radius 2 is 2.00 bits per heavy atom. The Morgan fingerprint density at radius 3 is 2.70 bits per heavy atom. The quantitative estimate of drug-likeness (QED) is 0.638. The van der Waals surface area contributed by atoms with E-state index in [1.165, 1.54) is 0 Å². The van der Waals surface area contributed by atoms with Crippen molar-refractivity contribution >= 4 is 27.1 Å². The average Bonchev–Trinajstić information content (AvgIpc) is 2.85. The number of ether oxygens (including phenoxy) is 2. The first-order valence-electron chi connectivity index (χ1n) is 7.36. The number of nitrogen functional groups attached to an aromatic ring is 1. The van der Waals surface area contributed by atoms with Gasteiger partial charge in [0.25, 0.3) is 0 Å². The summed E-state index contributed by atoms with van der Waals surface area (Å²) in [4.78, 5) is 12.7. The highest BCUT2D eigenvalue weighted by Gasteiger charge is 2.14. The van der Waals surface area contributed by atoms with Crippen LogP contribution in [0.25, 0.3) is 11.2 Å². The largest absolute Gasteiger partial charge is 0.475 e. The van der Waals surface area contributed by atoms with E-state index in [9.17, 15) is 0 Å². The molecule has 23 heavy (non-hydrogen) atoms. The van der Waals surface area contributed by atoms with Crippen molar-refractivity contribution in [3.05, 3.63) is 6.33 Å². The van der Waals surface area contributed by atoms with Crippen LogP contribution in [0.2, 0.25) is 0 Å². The van der Waals surface area contributed by atoms with Gasteiger partial charge in [0.15, 0.2) is 11.2 Å². The molecule has 0 aliphatic rings. The monoisotopic (exact) mass is 343 g/mol. The number of nitrogens with zero attached hydrogens (tertiary/aromatic N) is 4. The molecule has 2 rings (SSSR count). The van der Waals surface area contributed by atoms with Gasteiger partial charge in [0.05, 0.1) is 32.8 Å². The summed E-state index contributed by atoms with van der Waals surface area (Å²) in [6.07, 6.45) is 8.38. The summed E-state index contributed by atoms with van der Waals surface area (Å²) in [7, 11) is -0.632. The van der Waals surface area contributed by atoms with Crippen LogP contribution < -0.4 is 10.5 Å². The lowest BCUT2D eigenvalue weighted by atomic mass is 10.5. The van der Waals surface area contributed by atoms with Crippen molar-refractivity contribution < 1.29 is 14.6 Å². The number of anilines is 1. The van der Waals surface area contributed by atoms with Gasteiger partial charge in [-0.3, -0.25) is 0 Å². The molecule has 0 atom stereocenters. The second kappa shape index (κ2) is 7.80. The zero-order valence-corrected chi connectivity index (χ0v) is 14.7. The summed E-state index contributed by atoms with van der Waals surface area (Å²) in [5, 5.41) is 8.71. The van der Waals surface area contributed by atoms with Crippen molar-refractivity contribution in [3.8, 4) is 5.88 Å². The van der Waals surface area contributed by atoms with Gasteiger partial charge in [-0.05, 0) is 18.8 Å². The molecule has 130 valence electrons. The topological polar surface area (TPSA) is 108 Å². The summed E-state index contributed by atoms with van der Waals surface area (Å²) < 4.78 is 12.9. The van der Waals surface area contributed by atoms with Crippen molar-refractivity contribution in [2.45, 2.75) is 6.54 Å². The van der Waals surface area contributed by atoms with Crippen LogP contribution in [0, 0.1) is 0 Å². The van der Waals surface area contributed by atoms with E-state index in [1.54, 1.807) is 6.33 Å². The van der Waals surface area contributed by atoms with Crippen LogP contribution in [-0.2, 0) is 11.3 Å². The van der Waals surface area contributed by atoms with E-state index in [4.69, 9.17) is 20.3 Å². The molecule has 3 N–H and O–H groups in total. The van der Waals surface area contributed by atoms with Crippen molar-refractivity contribution in [3.63, 3.8) is 0 Å². The number of aliphatic hydroxyl groups is 1. The van der Waals surface area contributed by atoms with E-state index in [2.05, 4.69) is 33.7 Å². The Balaban J connectivity index is 2.11. The fourth-order valence-corrected chi connectivity index (χ4v) is 2.50. The highest BCUT2D eigenvalue weighted by molar-refractivity contribution is 8.32. The lowest BCUT2D eigenvalue weighted by molar-refractivity contribution is 0.0874. The number of aromatic nitrogens is 4. The number of nitrogens with two attached hydrogens (primary N) is 1. The minimum atomic E-state index is -0.632. The number of rotatable bonds is 9. The second-order valence-electron chi connectivity index (χ2n) is 5.98. The third-order valence-electron chi connectivity index (χ3n) is 3.10. The van der Waals surface area contributed by atoms with Crippen LogP contribution in [-0.4, -0.2) is 75.6 Å². The van der Waals surface area contributed by atoms with Gasteiger partial charge in [-0.15, -0.1) is 0 Å². The molecule has 9 heteroatoms. The molecule has 0 bridgehead atoms. The van der Waals surface area contributed by atoms with E-state index in [0.29, 0.717) is 43.4 Å². The molecular formula is C14H25N5O3S. The molecule has 0 radical (unpaired) electrons. The third kappa shape index (κ3) is 5.22. The zero-order chi connectivity index (χ0) is 16.9. The van der Waals surface area contributed by atoms with Crippen molar-refractivity contribution in [1.29, 1.82) is 0 Å². The van der Waals surface area contributed by atoms with Crippen molar-refractivity contribution in [1.82, 2.24) is 19.5 Å². The molecule has 0 fully saturated rings. The summed E-state index contributed by atoms with van der Waals surface area (Å²) >= 11 is 0. The smallest absolute Gasteiger partial charge is 0.247 e. The second-order valence-corrected chi connectivity index (χ2v) is 10.6. The first-order valence-corrected chi connectivity index (χ1v) is 10.4. The molecule has 0 aliphatic heterocycles. The van der Waals surface area contributed by atoms with Crippen molar-refractivity contribution in [2.75, 3.05) is 56.7 Å².